The van der Waals surface area contributed by atoms with E-state index in [9.17, 15) is 0 Å². The Morgan fingerprint density at radius 2 is 2.24 bits per heavy atom. The van der Waals surface area contributed by atoms with Gasteiger partial charge in [-0.3, -0.25) is 4.98 Å². The number of aromatic nitrogens is 1. The highest BCUT2D eigenvalue weighted by atomic mass is 14.9. The number of rotatable bonds is 3. The first-order valence-corrected chi connectivity index (χ1v) is 6.62. The minimum atomic E-state index is 0.366. The van der Waals surface area contributed by atoms with Gasteiger partial charge in [0.15, 0.2) is 0 Å². The number of likely N-dealkylation sites (N-methyl/N-ethyl adjacent to an activating group) is 1. The zero-order valence-corrected chi connectivity index (χ0v) is 11.5. The first kappa shape index (κ1) is 12.6. The van der Waals surface area contributed by atoms with Crippen molar-refractivity contribution in [3.8, 4) is 0 Å². The molecule has 1 aromatic rings. The molecule has 1 aromatic heterocycles. The predicted molar refractivity (Wildman–Crippen MR) is 72.2 cm³/mol. The molecule has 0 saturated carbocycles. The van der Waals surface area contributed by atoms with Gasteiger partial charge >= 0.3 is 0 Å². The van der Waals surface area contributed by atoms with Crippen molar-refractivity contribution in [3.63, 3.8) is 0 Å². The van der Waals surface area contributed by atoms with Gasteiger partial charge in [0.25, 0.3) is 0 Å². The van der Waals surface area contributed by atoms with E-state index in [-0.39, 0.29) is 0 Å². The average Bonchev–Trinajstić information content (AvgIpc) is 2.68. The lowest BCUT2D eigenvalue weighted by atomic mass is 9.82. The number of nitrogens with one attached hydrogen (secondary N) is 1. The Morgan fingerprint density at radius 3 is 2.88 bits per heavy atom. The van der Waals surface area contributed by atoms with Gasteiger partial charge in [0.1, 0.15) is 0 Å². The van der Waals surface area contributed by atoms with Crippen LogP contribution in [0.4, 0.5) is 0 Å². The number of pyridine rings is 1. The van der Waals surface area contributed by atoms with Crippen molar-refractivity contribution < 1.29 is 0 Å². The maximum Gasteiger partial charge on any atom is 0.0482 e. The van der Waals surface area contributed by atoms with Crippen molar-refractivity contribution >= 4 is 0 Å². The largest absolute Gasteiger partial charge is 0.316 e. The van der Waals surface area contributed by atoms with Crippen LogP contribution in [-0.2, 0) is 6.42 Å². The Morgan fingerprint density at radius 1 is 1.47 bits per heavy atom. The summed E-state index contributed by atoms with van der Waals surface area (Å²) < 4.78 is 0. The fourth-order valence-corrected chi connectivity index (χ4v) is 2.94. The van der Waals surface area contributed by atoms with Gasteiger partial charge in [0.2, 0.25) is 0 Å². The van der Waals surface area contributed by atoms with E-state index in [1.54, 1.807) is 0 Å². The van der Waals surface area contributed by atoms with E-state index in [0.29, 0.717) is 17.4 Å². The van der Waals surface area contributed by atoms with Crippen LogP contribution in [-0.4, -0.2) is 18.1 Å². The quantitative estimate of drug-likeness (QED) is 0.866. The smallest absolute Gasteiger partial charge is 0.0482 e. The van der Waals surface area contributed by atoms with Crippen molar-refractivity contribution in [1.82, 2.24) is 10.3 Å². The van der Waals surface area contributed by atoms with Crippen molar-refractivity contribution in [2.75, 3.05) is 7.05 Å². The number of fused-ring (bicyclic) bond motifs is 1. The van der Waals surface area contributed by atoms with Crippen LogP contribution in [0.3, 0.4) is 0 Å². The van der Waals surface area contributed by atoms with Crippen molar-refractivity contribution in [2.24, 2.45) is 5.41 Å². The maximum atomic E-state index is 4.60. The molecule has 1 aliphatic rings. The highest BCUT2D eigenvalue weighted by Gasteiger charge is 2.32. The molecule has 2 atom stereocenters. The molecular formula is C15H24N2. The molecule has 0 fully saturated rings. The predicted octanol–water partition coefficient (Wildman–Crippen LogP) is 3.14. The van der Waals surface area contributed by atoms with E-state index < -0.39 is 0 Å². The summed E-state index contributed by atoms with van der Waals surface area (Å²) in [6.07, 6.45) is 5.56. The molecule has 2 unspecified atom stereocenters. The standard InChI is InChI=1S/C15H24N2/c1-15(2,3)10-13(16-4)12-8-7-11-6-5-9-17-14(11)12/h5-6,9,12-13,16H,7-8,10H2,1-4H3. The zero-order chi connectivity index (χ0) is 12.5. The summed E-state index contributed by atoms with van der Waals surface area (Å²) in [5.74, 6) is 0.593. The van der Waals surface area contributed by atoms with E-state index in [1.165, 1.54) is 30.5 Å². The monoisotopic (exact) mass is 232 g/mol. The molecule has 0 aliphatic heterocycles. The molecular weight excluding hydrogens is 208 g/mol. The normalized spacial score (nSPS) is 21.3. The topological polar surface area (TPSA) is 24.9 Å². The summed E-state index contributed by atoms with van der Waals surface area (Å²) in [6.45, 7) is 6.93. The zero-order valence-electron chi connectivity index (χ0n) is 11.5. The number of nitrogens with zero attached hydrogens (tertiary/aromatic N) is 1. The second-order valence-corrected chi connectivity index (χ2v) is 6.35. The Kier molecular flexibility index (Phi) is 3.53. The average molecular weight is 232 g/mol. The van der Waals surface area contributed by atoms with E-state index in [1.807, 2.05) is 6.20 Å². The van der Waals surface area contributed by atoms with E-state index in [4.69, 9.17) is 0 Å². The molecule has 17 heavy (non-hydrogen) atoms. The SMILES string of the molecule is CNC(CC(C)(C)C)C1CCc2cccnc21. The highest BCUT2D eigenvalue weighted by molar-refractivity contribution is 5.30. The first-order valence-electron chi connectivity index (χ1n) is 6.62. The molecule has 1 heterocycles. The van der Waals surface area contributed by atoms with Crippen LogP contribution in [0.2, 0.25) is 0 Å². The number of hydrogen-bond donors (Lipinski definition) is 1. The van der Waals surface area contributed by atoms with Gasteiger partial charge in [-0.15, -0.1) is 0 Å². The molecule has 0 radical (unpaired) electrons. The van der Waals surface area contributed by atoms with Crippen molar-refractivity contribution in [1.29, 1.82) is 0 Å². The molecule has 2 nitrogen and oxygen atoms in total. The summed E-state index contributed by atoms with van der Waals surface area (Å²) in [5.41, 5.74) is 3.15. The van der Waals surface area contributed by atoms with Crippen LogP contribution in [0.1, 0.15) is 50.8 Å². The van der Waals surface area contributed by atoms with Gasteiger partial charge in [0, 0.05) is 23.9 Å². The van der Waals surface area contributed by atoms with Gasteiger partial charge < -0.3 is 5.32 Å². The van der Waals surface area contributed by atoms with Gasteiger partial charge in [-0.25, -0.2) is 0 Å². The third kappa shape index (κ3) is 2.86. The van der Waals surface area contributed by atoms with Gasteiger partial charge in [-0.2, -0.15) is 0 Å². The fraction of sp³-hybridized carbons (Fsp3) is 0.667. The Labute approximate surface area is 105 Å². The van der Waals surface area contributed by atoms with Crippen molar-refractivity contribution in [2.45, 2.75) is 52.0 Å². The number of aryl methyl sites for hydroxylation is 1. The lowest BCUT2D eigenvalue weighted by Gasteiger charge is -2.30. The second kappa shape index (κ2) is 4.77. The molecule has 0 bridgehead atoms. The third-order valence-corrected chi connectivity index (χ3v) is 3.69. The second-order valence-electron chi connectivity index (χ2n) is 6.35. The fourth-order valence-electron chi connectivity index (χ4n) is 2.94. The minimum absolute atomic E-state index is 0.366. The lowest BCUT2D eigenvalue weighted by molar-refractivity contribution is 0.287. The van der Waals surface area contributed by atoms with Crippen LogP contribution in [0.5, 0.6) is 0 Å². The van der Waals surface area contributed by atoms with E-state index in [0.717, 1.165) is 0 Å². The molecule has 1 aliphatic carbocycles. The maximum absolute atomic E-state index is 4.60. The Balaban J connectivity index is 2.17. The first-order chi connectivity index (χ1) is 8.01. The number of hydrogen-bond acceptors (Lipinski definition) is 2. The molecule has 0 amide bonds. The van der Waals surface area contributed by atoms with Crippen LogP contribution in [0, 0.1) is 5.41 Å². The van der Waals surface area contributed by atoms with Gasteiger partial charge in [-0.05, 0) is 43.4 Å². The summed E-state index contributed by atoms with van der Waals surface area (Å²) in [6, 6.07) is 4.83. The summed E-state index contributed by atoms with van der Waals surface area (Å²) in [5, 5.41) is 3.50. The Bertz CT molecular complexity index is 379. The van der Waals surface area contributed by atoms with Crippen LogP contribution in [0.25, 0.3) is 0 Å². The van der Waals surface area contributed by atoms with Gasteiger partial charge in [-0.1, -0.05) is 26.8 Å². The highest BCUT2D eigenvalue weighted by Crippen LogP contribution is 2.37. The van der Waals surface area contributed by atoms with E-state index in [2.05, 4.69) is 50.3 Å². The summed E-state index contributed by atoms with van der Waals surface area (Å²) >= 11 is 0. The molecule has 94 valence electrons. The molecule has 0 aromatic carbocycles. The van der Waals surface area contributed by atoms with E-state index >= 15 is 0 Å². The van der Waals surface area contributed by atoms with Gasteiger partial charge in [0.05, 0.1) is 0 Å². The summed E-state index contributed by atoms with van der Waals surface area (Å²) in [7, 11) is 2.08. The van der Waals surface area contributed by atoms with Crippen molar-refractivity contribution in [3.05, 3.63) is 29.6 Å². The molecule has 2 heteroatoms. The third-order valence-electron chi connectivity index (χ3n) is 3.69. The Hall–Kier alpha value is -0.890. The molecule has 1 N–H and O–H groups in total. The summed E-state index contributed by atoms with van der Waals surface area (Å²) in [4.78, 5) is 4.60. The van der Waals surface area contributed by atoms with Crippen LogP contribution < -0.4 is 5.32 Å². The van der Waals surface area contributed by atoms with Crippen LogP contribution >= 0.6 is 0 Å². The van der Waals surface area contributed by atoms with Crippen LogP contribution in [0.15, 0.2) is 18.3 Å². The lowest BCUT2D eigenvalue weighted by Crippen LogP contribution is -2.35. The minimum Gasteiger partial charge on any atom is -0.316 e. The molecule has 0 saturated heterocycles. The molecule has 2 rings (SSSR count). The molecule has 0 spiro atoms.